The van der Waals surface area contributed by atoms with Crippen LogP contribution in [0.15, 0.2) is 48.7 Å². The quantitative estimate of drug-likeness (QED) is 0.777. The lowest BCUT2D eigenvalue weighted by Crippen LogP contribution is -2.44. The Morgan fingerprint density at radius 1 is 0.966 bits per heavy atom. The lowest BCUT2D eigenvalue weighted by Gasteiger charge is -2.37. The molecule has 2 aliphatic heterocycles. The van der Waals surface area contributed by atoms with Crippen molar-refractivity contribution in [2.75, 3.05) is 26.2 Å². The Labute approximate surface area is 173 Å². The number of piperidine rings is 2. The highest BCUT2D eigenvalue weighted by Gasteiger charge is 2.28. The predicted octanol–water partition coefficient (Wildman–Crippen LogP) is 3.68. The van der Waals surface area contributed by atoms with Gasteiger partial charge in [-0.25, -0.2) is 0 Å². The minimum atomic E-state index is 0.0516. The number of carbonyl (C=O) groups excluding carboxylic acids is 1. The first kappa shape index (κ1) is 20.0. The number of aromatic nitrogens is 1. The number of hydrogen-bond acceptors (Lipinski definition) is 4. The van der Waals surface area contributed by atoms with Crippen LogP contribution in [0.1, 0.15) is 47.3 Å². The molecule has 0 atom stereocenters. The largest absolute Gasteiger partial charge is 0.375 e. The molecule has 0 spiro atoms. The number of benzene rings is 1. The molecule has 154 valence electrons. The van der Waals surface area contributed by atoms with Crippen molar-refractivity contribution in [2.45, 2.75) is 51.4 Å². The molecule has 2 fully saturated rings. The second-order valence-electron chi connectivity index (χ2n) is 8.26. The minimum absolute atomic E-state index is 0.0516. The van der Waals surface area contributed by atoms with Gasteiger partial charge in [-0.1, -0.05) is 36.4 Å². The fraction of sp³-hybridized carbons (Fsp3) is 0.500. The zero-order chi connectivity index (χ0) is 20.1. The molecule has 5 heteroatoms. The Hall–Kier alpha value is -2.24. The van der Waals surface area contributed by atoms with E-state index in [-0.39, 0.29) is 12.0 Å². The Balaban J connectivity index is 1.20. The zero-order valence-corrected chi connectivity index (χ0v) is 17.3. The lowest BCUT2D eigenvalue weighted by atomic mass is 10.0. The topological polar surface area (TPSA) is 45.7 Å². The van der Waals surface area contributed by atoms with Gasteiger partial charge in [-0.15, -0.1) is 0 Å². The molecule has 0 aliphatic carbocycles. The highest BCUT2D eigenvalue weighted by atomic mass is 16.5. The monoisotopic (exact) mass is 393 g/mol. The number of nitrogens with zero attached hydrogens (tertiary/aromatic N) is 3. The fourth-order valence-corrected chi connectivity index (χ4v) is 4.37. The molecular formula is C24H31N3O2. The molecule has 1 aromatic heterocycles. The van der Waals surface area contributed by atoms with Crippen LogP contribution in [-0.2, 0) is 11.3 Å². The normalized spacial score (nSPS) is 19.4. The predicted molar refractivity (Wildman–Crippen MR) is 114 cm³/mol. The van der Waals surface area contributed by atoms with Crippen molar-refractivity contribution < 1.29 is 9.53 Å². The van der Waals surface area contributed by atoms with Crippen molar-refractivity contribution >= 4 is 5.91 Å². The van der Waals surface area contributed by atoms with Crippen LogP contribution in [0.3, 0.4) is 0 Å². The Kier molecular flexibility index (Phi) is 6.57. The number of aryl methyl sites for hydroxylation is 1. The average molecular weight is 394 g/mol. The highest BCUT2D eigenvalue weighted by Crippen LogP contribution is 2.23. The summed E-state index contributed by atoms with van der Waals surface area (Å²) < 4.78 is 6.41. The highest BCUT2D eigenvalue weighted by molar-refractivity contribution is 5.93. The Morgan fingerprint density at radius 3 is 2.28 bits per heavy atom. The second kappa shape index (κ2) is 9.51. The maximum atomic E-state index is 12.7. The summed E-state index contributed by atoms with van der Waals surface area (Å²) in [6.45, 7) is 6.67. The van der Waals surface area contributed by atoms with E-state index < -0.39 is 0 Å². The van der Waals surface area contributed by atoms with E-state index in [0.717, 1.165) is 64.0 Å². The van der Waals surface area contributed by atoms with Crippen molar-refractivity contribution in [3.8, 4) is 0 Å². The maximum Gasteiger partial charge on any atom is 0.272 e. The first-order chi connectivity index (χ1) is 14.2. The van der Waals surface area contributed by atoms with E-state index in [1.54, 1.807) is 6.20 Å². The molecule has 0 unspecified atom stereocenters. The van der Waals surface area contributed by atoms with E-state index in [1.807, 2.05) is 24.0 Å². The fourth-order valence-electron chi connectivity index (χ4n) is 4.37. The van der Waals surface area contributed by atoms with Crippen LogP contribution in [0.25, 0.3) is 0 Å². The summed E-state index contributed by atoms with van der Waals surface area (Å²) in [6, 6.07) is 14.5. The van der Waals surface area contributed by atoms with Crippen molar-refractivity contribution in [1.82, 2.24) is 14.8 Å². The van der Waals surface area contributed by atoms with Crippen molar-refractivity contribution in [1.29, 1.82) is 0 Å². The number of hydrogen-bond donors (Lipinski definition) is 0. The molecule has 1 amide bonds. The molecule has 0 radical (unpaired) electrons. The molecule has 3 heterocycles. The minimum Gasteiger partial charge on any atom is -0.375 e. The first-order valence-corrected chi connectivity index (χ1v) is 10.8. The summed E-state index contributed by atoms with van der Waals surface area (Å²) in [4.78, 5) is 21.4. The summed E-state index contributed by atoms with van der Waals surface area (Å²) in [5, 5.41) is 0. The maximum absolute atomic E-state index is 12.7. The number of likely N-dealkylation sites (tertiary alicyclic amines) is 2. The van der Waals surface area contributed by atoms with E-state index in [4.69, 9.17) is 4.74 Å². The number of carbonyl (C=O) groups is 1. The zero-order valence-electron chi connectivity index (χ0n) is 17.3. The van der Waals surface area contributed by atoms with Gasteiger partial charge in [-0.05, 0) is 49.8 Å². The van der Waals surface area contributed by atoms with Crippen molar-refractivity contribution in [3.63, 3.8) is 0 Å². The average Bonchev–Trinajstić information content (AvgIpc) is 2.76. The van der Waals surface area contributed by atoms with Gasteiger partial charge in [0.1, 0.15) is 5.69 Å². The van der Waals surface area contributed by atoms with Crippen LogP contribution in [0.5, 0.6) is 0 Å². The summed E-state index contributed by atoms with van der Waals surface area (Å²) >= 11 is 0. The smallest absolute Gasteiger partial charge is 0.272 e. The van der Waals surface area contributed by atoms with Gasteiger partial charge >= 0.3 is 0 Å². The third-order valence-electron chi connectivity index (χ3n) is 6.11. The standard InChI is InChI=1S/C24H31N3O2/c1-19-6-5-13-25-23(19)24(28)27-16-11-22(12-17-27)29-21-9-14-26(15-10-21)18-20-7-3-2-4-8-20/h2-8,13,21-22H,9-12,14-18H2,1H3. The van der Waals surface area contributed by atoms with Gasteiger partial charge in [0, 0.05) is 38.9 Å². The number of amides is 1. The summed E-state index contributed by atoms with van der Waals surface area (Å²) in [5.41, 5.74) is 2.91. The number of pyridine rings is 1. The van der Waals surface area contributed by atoms with Crippen molar-refractivity contribution in [2.24, 2.45) is 0 Å². The van der Waals surface area contributed by atoms with Crippen LogP contribution < -0.4 is 0 Å². The van der Waals surface area contributed by atoms with Gasteiger partial charge in [0.25, 0.3) is 5.91 Å². The molecule has 5 nitrogen and oxygen atoms in total. The Bertz CT molecular complexity index is 795. The molecule has 0 bridgehead atoms. The van der Waals surface area contributed by atoms with Gasteiger partial charge in [0.15, 0.2) is 0 Å². The third-order valence-corrected chi connectivity index (χ3v) is 6.11. The molecule has 2 aromatic rings. The lowest BCUT2D eigenvalue weighted by molar-refractivity contribution is -0.0629. The molecule has 29 heavy (non-hydrogen) atoms. The first-order valence-electron chi connectivity index (χ1n) is 10.8. The molecular weight excluding hydrogens is 362 g/mol. The van der Waals surface area contributed by atoms with E-state index in [2.05, 4.69) is 40.2 Å². The van der Waals surface area contributed by atoms with Gasteiger partial charge in [-0.2, -0.15) is 0 Å². The van der Waals surface area contributed by atoms with Gasteiger partial charge in [-0.3, -0.25) is 14.7 Å². The van der Waals surface area contributed by atoms with E-state index >= 15 is 0 Å². The second-order valence-corrected chi connectivity index (χ2v) is 8.26. The Morgan fingerprint density at radius 2 is 1.62 bits per heavy atom. The van der Waals surface area contributed by atoms with Crippen LogP contribution in [0.4, 0.5) is 0 Å². The SMILES string of the molecule is Cc1cccnc1C(=O)N1CCC(OC2CCN(Cc3ccccc3)CC2)CC1. The number of rotatable bonds is 5. The van der Waals surface area contributed by atoms with E-state index in [0.29, 0.717) is 11.8 Å². The van der Waals surface area contributed by atoms with Crippen LogP contribution in [0.2, 0.25) is 0 Å². The van der Waals surface area contributed by atoms with E-state index in [9.17, 15) is 4.79 Å². The molecule has 1 aromatic carbocycles. The van der Waals surface area contributed by atoms with Crippen LogP contribution in [-0.4, -0.2) is 59.1 Å². The molecule has 2 aliphatic rings. The van der Waals surface area contributed by atoms with Gasteiger partial charge < -0.3 is 9.64 Å². The van der Waals surface area contributed by atoms with Gasteiger partial charge in [0.2, 0.25) is 0 Å². The van der Waals surface area contributed by atoms with E-state index in [1.165, 1.54) is 5.56 Å². The number of ether oxygens (including phenoxy) is 1. The molecule has 0 saturated carbocycles. The van der Waals surface area contributed by atoms with Gasteiger partial charge in [0.05, 0.1) is 12.2 Å². The summed E-state index contributed by atoms with van der Waals surface area (Å²) in [5.74, 6) is 0.0516. The summed E-state index contributed by atoms with van der Waals surface area (Å²) in [7, 11) is 0. The van der Waals surface area contributed by atoms with Crippen LogP contribution >= 0.6 is 0 Å². The summed E-state index contributed by atoms with van der Waals surface area (Å²) in [6.07, 6.45) is 6.35. The van der Waals surface area contributed by atoms with Crippen molar-refractivity contribution in [3.05, 3.63) is 65.5 Å². The molecule has 4 rings (SSSR count). The third kappa shape index (κ3) is 5.22. The molecule has 2 saturated heterocycles. The van der Waals surface area contributed by atoms with Crippen LogP contribution in [0, 0.1) is 6.92 Å². The molecule has 0 N–H and O–H groups in total.